The fraction of sp³-hybridized carbons (Fsp3) is 0.652. The largest absolute Gasteiger partial charge is 0.460 e. The molecule has 4 rings (SSSR count). The fourth-order valence-electron chi connectivity index (χ4n) is 4.98. The number of halogens is 2. The van der Waals surface area contributed by atoms with Crippen LogP contribution in [0.25, 0.3) is 11.3 Å². The molecule has 1 atom stereocenters. The van der Waals surface area contributed by atoms with E-state index in [4.69, 9.17) is 9.52 Å². The Morgan fingerprint density at radius 3 is 2.59 bits per heavy atom. The summed E-state index contributed by atoms with van der Waals surface area (Å²) in [7, 11) is 0. The van der Waals surface area contributed by atoms with E-state index in [9.17, 15) is 18.7 Å². The molecule has 1 aliphatic heterocycles. The molecule has 9 heteroatoms. The number of amides is 1. The average Bonchev–Trinajstić information content (AvgIpc) is 3.29. The van der Waals surface area contributed by atoms with Crippen LogP contribution in [0.4, 0.5) is 8.78 Å². The molecule has 0 saturated carbocycles. The van der Waals surface area contributed by atoms with Crippen molar-refractivity contribution in [2.75, 3.05) is 19.6 Å². The maximum atomic E-state index is 14.8. The molecule has 2 aromatic rings. The number of carbonyl (C=O) groups excluding carboxylic acids is 1. The minimum absolute atomic E-state index is 0.0998. The molecule has 2 aromatic heterocycles. The van der Waals surface area contributed by atoms with Gasteiger partial charge in [0.1, 0.15) is 5.76 Å². The van der Waals surface area contributed by atoms with E-state index in [0.29, 0.717) is 48.9 Å². The molecule has 0 spiro atoms. The third-order valence-corrected chi connectivity index (χ3v) is 6.58. The number of nitrogens with zero attached hydrogens (tertiary/aromatic N) is 3. The van der Waals surface area contributed by atoms with Gasteiger partial charge in [-0.3, -0.25) is 14.8 Å². The summed E-state index contributed by atoms with van der Waals surface area (Å²) in [5.74, 6) is -2.42. The number of aromatic nitrogens is 2. The summed E-state index contributed by atoms with van der Waals surface area (Å²) in [5, 5.41) is 18.3. The van der Waals surface area contributed by atoms with Gasteiger partial charge in [-0.2, -0.15) is 5.10 Å². The SMILES string of the molecule is CCNC(C)(O)c1oc2c(c1C(C)(F)F)-c1nn(CC3CCN(C(C)=O)CC3)cc1CC2. The smallest absolute Gasteiger partial charge is 0.274 e. The summed E-state index contributed by atoms with van der Waals surface area (Å²) < 4.78 is 37.3. The van der Waals surface area contributed by atoms with Crippen LogP contribution in [0.2, 0.25) is 0 Å². The van der Waals surface area contributed by atoms with E-state index < -0.39 is 11.6 Å². The van der Waals surface area contributed by atoms with Crippen molar-refractivity contribution < 1.29 is 23.1 Å². The lowest BCUT2D eigenvalue weighted by Gasteiger charge is -2.31. The number of aliphatic hydroxyl groups is 1. The summed E-state index contributed by atoms with van der Waals surface area (Å²) in [5.41, 5.74) is -0.253. The summed E-state index contributed by atoms with van der Waals surface area (Å²) in [4.78, 5) is 13.4. The van der Waals surface area contributed by atoms with Gasteiger partial charge in [0, 0.05) is 46.1 Å². The van der Waals surface area contributed by atoms with Crippen LogP contribution in [0.1, 0.15) is 63.2 Å². The number of piperidine rings is 1. The lowest BCUT2D eigenvalue weighted by Crippen LogP contribution is -2.40. The van der Waals surface area contributed by atoms with E-state index in [0.717, 1.165) is 38.4 Å². The third-order valence-electron chi connectivity index (χ3n) is 6.58. The molecular weight excluding hydrogens is 418 g/mol. The average molecular weight is 451 g/mol. The summed E-state index contributed by atoms with van der Waals surface area (Å²) in [6, 6.07) is 0. The second kappa shape index (κ2) is 8.26. The standard InChI is InChI=1S/C23H32F2N4O3/c1-5-26-23(4,31)21-19(22(3,24)25)18-17(32-21)7-6-16-13-29(27-20(16)18)12-15-8-10-28(11-9-15)14(2)30/h13,15,26,31H,5-12H2,1-4H3. The van der Waals surface area contributed by atoms with Crippen molar-refractivity contribution in [2.45, 2.75) is 71.6 Å². The summed E-state index contributed by atoms with van der Waals surface area (Å²) >= 11 is 0. The van der Waals surface area contributed by atoms with Gasteiger partial charge in [-0.05, 0) is 44.2 Å². The Hall–Kier alpha value is -2.26. The molecule has 0 bridgehead atoms. The molecule has 2 aliphatic rings. The maximum absolute atomic E-state index is 14.8. The molecular formula is C23H32F2N4O3. The predicted molar refractivity (Wildman–Crippen MR) is 115 cm³/mol. The number of alkyl halides is 2. The highest BCUT2D eigenvalue weighted by Gasteiger charge is 2.44. The van der Waals surface area contributed by atoms with Crippen LogP contribution < -0.4 is 5.32 Å². The molecule has 2 N–H and O–H groups in total. The number of carbonyl (C=O) groups is 1. The zero-order chi connectivity index (χ0) is 23.3. The van der Waals surface area contributed by atoms with Gasteiger partial charge in [0.05, 0.1) is 16.8 Å². The lowest BCUT2D eigenvalue weighted by atomic mass is 9.90. The van der Waals surface area contributed by atoms with Crippen LogP contribution >= 0.6 is 0 Å². The first-order valence-electron chi connectivity index (χ1n) is 11.3. The molecule has 1 amide bonds. The van der Waals surface area contributed by atoms with Crippen LogP contribution in [0.5, 0.6) is 0 Å². The highest BCUT2D eigenvalue weighted by Crippen LogP contribution is 2.47. The monoisotopic (exact) mass is 450 g/mol. The molecule has 1 unspecified atom stereocenters. The molecule has 1 aliphatic carbocycles. The third kappa shape index (κ3) is 4.20. The molecule has 32 heavy (non-hydrogen) atoms. The number of hydrogen-bond donors (Lipinski definition) is 2. The predicted octanol–water partition coefficient (Wildman–Crippen LogP) is 3.39. The van der Waals surface area contributed by atoms with Crippen molar-refractivity contribution in [2.24, 2.45) is 5.92 Å². The normalized spacial score (nSPS) is 18.9. The second-order valence-electron chi connectivity index (χ2n) is 9.27. The number of aryl methyl sites for hydroxylation is 2. The van der Waals surface area contributed by atoms with Crippen LogP contribution in [-0.2, 0) is 35.8 Å². The molecule has 7 nitrogen and oxygen atoms in total. The summed E-state index contributed by atoms with van der Waals surface area (Å²) in [6.07, 6.45) is 4.87. The minimum atomic E-state index is -3.20. The number of fused-ring (bicyclic) bond motifs is 3. The molecule has 1 saturated heterocycles. The number of furan rings is 1. The van der Waals surface area contributed by atoms with Gasteiger partial charge < -0.3 is 14.4 Å². The van der Waals surface area contributed by atoms with Crippen LogP contribution in [0.15, 0.2) is 10.6 Å². The van der Waals surface area contributed by atoms with E-state index >= 15 is 0 Å². The number of nitrogens with one attached hydrogen (secondary N) is 1. The van der Waals surface area contributed by atoms with Crippen molar-refractivity contribution in [1.82, 2.24) is 20.0 Å². The zero-order valence-corrected chi connectivity index (χ0v) is 19.2. The Balaban J connectivity index is 1.66. The van der Waals surface area contributed by atoms with Crippen molar-refractivity contribution >= 4 is 5.91 Å². The van der Waals surface area contributed by atoms with E-state index in [-0.39, 0.29) is 17.2 Å². The maximum Gasteiger partial charge on any atom is 0.274 e. The molecule has 1 fully saturated rings. The Kier molecular flexibility index (Phi) is 5.92. The minimum Gasteiger partial charge on any atom is -0.460 e. The van der Waals surface area contributed by atoms with Gasteiger partial charge in [-0.1, -0.05) is 6.92 Å². The van der Waals surface area contributed by atoms with Gasteiger partial charge in [-0.15, -0.1) is 0 Å². The van der Waals surface area contributed by atoms with Gasteiger partial charge in [0.15, 0.2) is 11.5 Å². The number of likely N-dealkylation sites (tertiary alicyclic amines) is 1. The van der Waals surface area contributed by atoms with Gasteiger partial charge in [-0.25, -0.2) is 8.78 Å². The van der Waals surface area contributed by atoms with Crippen molar-refractivity contribution in [3.05, 3.63) is 28.8 Å². The van der Waals surface area contributed by atoms with Gasteiger partial charge in [0.25, 0.3) is 5.92 Å². The van der Waals surface area contributed by atoms with Crippen molar-refractivity contribution in [3.63, 3.8) is 0 Å². The van der Waals surface area contributed by atoms with Crippen LogP contribution in [0, 0.1) is 5.92 Å². The van der Waals surface area contributed by atoms with Crippen molar-refractivity contribution in [1.29, 1.82) is 0 Å². The molecule has 0 aromatic carbocycles. The zero-order valence-electron chi connectivity index (χ0n) is 19.2. The van der Waals surface area contributed by atoms with E-state index in [1.807, 2.05) is 15.8 Å². The first-order valence-corrected chi connectivity index (χ1v) is 11.3. The number of rotatable bonds is 6. The Labute approximate surface area is 186 Å². The van der Waals surface area contributed by atoms with E-state index in [1.54, 1.807) is 13.8 Å². The fourth-order valence-corrected chi connectivity index (χ4v) is 4.98. The number of hydrogen-bond acceptors (Lipinski definition) is 5. The van der Waals surface area contributed by atoms with Crippen LogP contribution in [-0.4, -0.2) is 45.3 Å². The molecule has 176 valence electrons. The van der Waals surface area contributed by atoms with E-state index in [1.165, 1.54) is 6.92 Å². The topological polar surface area (TPSA) is 83.5 Å². The van der Waals surface area contributed by atoms with Gasteiger partial charge in [0.2, 0.25) is 5.91 Å². The lowest BCUT2D eigenvalue weighted by molar-refractivity contribution is -0.130. The molecule has 3 heterocycles. The quantitative estimate of drug-likeness (QED) is 0.660. The Morgan fingerprint density at radius 2 is 2.00 bits per heavy atom. The first kappa shape index (κ1) is 22.9. The van der Waals surface area contributed by atoms with E-state index in [2.05, 4.69) is 5.32 Å². The highest BCUT2D eigenvalue weighted by atomic mass is 19.3. The molecule has 0 radical (unpaired) electrons. The summed E-state index contributed by atoms with van der Waals surface area (Å²) in [6.45, 7) is 8.21. The first-order chi connectivity index (χ1) is 15.0. The second-order valence-corrected chi connectivity index (χ2v) is 9.27. The van der Waals surface area contributed by atoms with Crippen molar-refractivity contribution in [3.8, 4) is 11.3 Å². The van der Waals surface area contributed by atoms with Gasteiger partial charge >= 0.3 is 0 Å². The Morgan fingerprint density at radius 1 is 1.31 bits per heavy atom. The van der Waals surface area contributed by atoms with Crippen LogP contribution in [0.3, 0.4) is 0 Å². The highest BCUT2D eigenvalue weighted by molar-refractivity contribution is 5.74. The Bertz CT molecular complexity index is 998.